The summed E-state index contributed by atoms with van der Waals surface area (Å²) in [4.78, 5) is 11.4. The summed E-state index contributed by atoms with van der Waals surface area (Å²) in [5, 5.41) is 0. The zero-order chi connectivity index (χ0) is 15.3. The summed E-state index contributed by atoms with van der Waals surface area (Å²) in [5.74, 6) is -0.185. The summed E-state index contributed by atoms with van der Waals surface area (Å²) in [5.41, 5.74) is -0.508. The fourth-order valence-corrected chi connectivity index (χ4v) is 1.58. The third-order valence-corrected chi connectivity index (χ3v) is 2.56. The maximum atomic E-state index is 12.5. The van der Waals surface area contributed by atoms with Gasteiger partial charge in [-0.2, -0.15) is 13.2 Å². The highest BCUT2D eigenvalue weighted by Crippen LogP contribution is 2.29. The van der Waals surface area contributed by atoms with Crippen LogP contribution in [0.3, 0.4) is 0 Å². The monoisotopic (exact) mass is 296 g/mol. The van der Waals surface area contributed by atoms with E-state index in [1.165, 1.54) is 24.5 Å². The van der Waals surface area contributed by atoms with Gasteiger partial charge in [0.2, 0.25) is 0 Å². The van der Waals surface area contributed by atoms with Crippen molar-refractivity contribution in [1.82, 2.24) is 0 Å². The van der Waals surface area contributed by atoms with Crippen molar-refractivity contribution in [3.63, 3.8) is 0 Å². The molecule has 2 aromatic rings. The average Bonchev–Trinajstić information content (AvgIpc) is 2.95. The quantitative estimate of drug-likeness (QED) is 0.631. The van der Waals surface area contributed by atoms with Crippen LogP contribution < -0.4 is 0 Å². The molecule has 6 heteroatoms. The molecule has 0 saturated carbocycles. The maximum Gasteiger partial charge on any atom is 0.416 e. The second-order valence-electron chi connectivity index (χ2n) is 4.15. The molecule has 0 N–H and O–H groups in total. The molecule has 3 nitrogen and oxygen atoms in total. The fourth-order valence-electron chi connectivity index (χ4n) is 1.58. The van der Waals surface area contributed by atoms with Gasteiger partial charge in [-0.15, -0.1) is 0 Å². The van der Waals surface area contributed by atoms with Crippen molar-refractivity contribution >= 4 is 12.0 Å². The van der Waals surface area contributed by atoms with Gasteiger partial charge >= 0.3 is 12.1 Å². The van der Waals surface area contributed by atoms with Crippen molar-refractivity contribution < 1.29 is 27.1 Å². The molecule has 0 atom stereocenters. The van der Waals surface area contributed by atoms with Gasteiger partial charge in [-0.3, -0.25) is 0 Å². The van der Waals surface area contributed by atoms with Crippen molar-refractivity contribution in [2.75, 3.05) is 0 Å². The highest BCUT2D eigenvalue weighted by atomic mass is 19.4. The van der Waals surface area contributed by atoms with E-state index >= 15 is 0 Å². The van der Waals surface area contributed by atoms with Crippen LogP contribution in [0.2, 0.25) is 0 Å². The standard InChI is InChI=1S/C15H11F3O3/c16-15(17,18)12-4-1-3-11(9-12)10-21-14(19)7-6-13-5-2-8-20-13/h1-9H,10H2/b7-6+. The van der Waals surface area contributed by atoms with Gasteiger partial charge in [-0.05, 0) is 35.9 Å². The van der Waals surface area contributed by atoms with Gasteiger partial charge in [0.1, 0.15) is 12.4 Å². The molecule has 1 aromatic heterocycles. The van der Waals surface area contributed by atoms with Crippen LogP contribution in [0.25, 0.3) is 6.08 Å². The van der Waals surface area contributed by atoms with Crippen LogP contribution in [-0.4, -0.2) is 5.97 Å². The Hall–Kier alpha value is -2.50. The third-order valence-electron chi connectivity index (χ3n) is 2.56. The third kappa shape index (κ3) is 4.52. The number of hydrogen-bond acceptors (Lipinski definition) is 3. The number of ether oxygens (including phenoxy) is 1. The van der Waals surface area contributed by atoms with Crippen LogP contribution in [-0.2, 0) is 22.3 Å². The summed E-state index contributed by atoms with van der Waals surface area (Å²) >= 11 is 0. The minimum atomic E-state index is -4.42. The summed E-state index contributed by atoms with van der Waals surface area (Å²) < 4.78 is 47.4. The first kappa shape index (κ1) is 14.9. The zero-order valence-corrected chi connectivity index (χ0v) is 10.8. The Kier molecular flexibility index (Phi) is 4.47. The van der Waals surface area contributed by atoms with Crippen molar-refractivity contribution in [2.45, 2.75) is 12.8 Å². The first-order chi connectivity index (χ1) is 9.95. The van der Waals surface area contributed by atoms with Crippen LogP contribution in [0.5, 0.6) is 0 Å². The molecule has 0 unspecified atom stereocenters. The Bertz CT molecular complexity index is 628. The zero-order valence-electron chi connectivity index (χ0n) is 10.8. The van der Waals surface area contributed by atoms with Gasteiger partial charge in [-0.1, -0.05) is 12.1 Å². The van der Waals surface area contributed by atoms with Gasteiger partial charge in [0.15, 0.2) is 0 Å². The molecule has 1 aromatic carbocycles. The minimum Gasteiger partial charge on any atom is -0.465 e. The Balaban J connectivity index is 1.92. The first-order valence-electron chi connectivity index (χ1n) is 5.99. The van der Waals surface area contributed by atoms with Gasteiger partial charge in [-0.25, -0.2) is 4.79 Å². The highest BCUT2D eigenvalue weighted by molar-refractivity contribution is 5.86. The number of carbonyl (C=O) groups is 1. The molecule has 0 aliphatic carbocycles. The molecule has 0 bridgehead atoms. The predicted octanol–water partition coefficient (Wildman–Crippen LogP) is 4.06. The summed E-state index contributed by atoms with van der Waals surface area (Å²) in [6.07, 6.45) is -0.409. The first-order valence-corrected chi connectivity index (χ1v) is 5.99. The van der Waals surface area contributed by atoms with E-state index in [0.717, 1.165) is 18.2 Å². The van der Waals surface area contributed by atoms with E-state index in [-0.39, 0.29) is 12.2 Å². The van der Waals surface area contributed by atoms with Gasteiger partial charge < -0.3 is 9.15 Å². The predicted molar refractivity (Wildman–Crippen MR) is 69.0 cm³/mol. The van der Waals surface area contributed by atoms with E-state index in [1.54, 1.807) is 12.1 Å². The van der Waals surface area contributed by atoms with Crippen LogP contribution >= 0.6 is 0 Å². The van der Waals surface area contributed by atoms with Crippen LogP contribution in [0.4, 0.5) is 13.2 Å². The highest BCUT2D eigenvalue weighted by Gasteiger charge is 2.30. The number of hydrogen-bond donors (Lipinski definition) is 0. The minimum absolute atomic E-state index is 0.231. The van der Waals surface area contributed by atoms with Gasteiger partial charge in [0.05, 0.1) is 11.8 Å². The molecule has 1 heterocycles. The largest absolute Gasteiger partial charge is 0.465 e. The number of rotatable bonds is 4. The van der Waals surface area contributed by atoms with E-state index in [0.29, 0.717) is 5.76 Å². The smallest absolute Gasteiger partial charge is 0.416 e. The lowest BCUT2D eigenvalue weighted by atomic mass is 10.1. The lowest BCUT2D eigenvalue weighted by Gasteiger charge is -2.08. The van der Waals surface area contributed by atoms with Crippen LogP contribution in [0, 0.1) is 0 Å². The number of halogens is 3. The molecule has 2 rings (SSSR count). The van der Waals surface area contributed by atoms with E-state index in [4.69, 9.17) is 9.15 Å². The normalized spacial score (nSPS) is 11.8. The Labute approximate surface area is 118 Å². The van der Waals surface area contributed by atoms with E-state index in [9.17, 15) is 18.0 Å². The number of alkyl halides is 3. The molecule has 21 heavy (non-hydrogen) atoms. The van der Waals surface area contributed by atoms with Crippen molar-refractivity contribution in [3.8, 4) is 0 Å². The lowest BCUT2D eigenvalue weighted by molar-refractivity contribution is -0.138. The molecule has 0 saturated heterocycles. The molecule has 0 radical (unpaired) electrons. The number of carbonyl (C=O) groups excluding carboxylic acids is 1. The van der Waals surface area contributed by atoms with E-state index in [2.05, 4.69) is 0 Å². The molecule has 0 fully saturated rings. The van der Waals surface area contributed by atoms with Crippen LogP contribution in [0.15, 0.2) is 53.2 Å². The maximum absolute atomic E-state index is 12.5. The number of esters is 1. The van der Waals surface area contributed by atoms with E-state index in [1.807, 2.05) is 0 Å². The van der Waals surface area contributed by atoms with Crippen molar-refractivity contribution in [2.24, 2.45) is 0 Å². The number of benzene rings is 1. The summed E-state index contributed by atoms with van der Waals surface area (Å²) in [6.45, 7) is -0.231. The molecule has 0 aliphatic rings. The van der Waals surface area contributed by atoms with Gasteiger partial charge in [0.25, 0.3) is 0 Å². The summed E-state index contributed by atoms with van der Waals surface area (Å²) in [7, 11) is 0. The second kappa shape index (κ2) is 6.30. The van der Waals surface area contributed by atoms with E-state index < -0.39 is 17.7 Å². The summed E-state index contributed by atoms with van der Waals surface area (Å²) in [6, 6.07) is 7.94. The SMILES string of the molecule is O=C(/C=C/c1ccco1)OCc1cccc(C(F)(F)F)c1. The average molecular weight is 296 g/mol. The van der Waals surface area contributed by atoms with Crippen molar-refractivity contribution in [3.05, 3.63) is 65.6 Å². The molecule has 0 spiro atoms. The fraction of sp³-hybridized carbons (Fsp3) is 0.133. The Morgan fingerprint density at radius 3 is 2.71 bits per heavy atom. The van der Waals surface area contributed by atoms with Crippen LogP contribution in [0.1, 0.15) is 16.9 Å². The Morgan fingerprint density at radius 1 is 1.24 bits per heavy atom. The number of furan rings is 1. The molecular weight excluding hydrogens is 285 g/mol. The van der Waals surface area contributed by atoms with Gasteiger partial charge in [0, 0.05) is 6.08 Å². The molecule has 0 aliphatic heterocycles. The lowest BCUT2D eigenvalue weighted by Crippen LogP contribution is -2.06. The Morgan fingerprint density at radius 2 is 2.05 bits per heavy atom. The topological polar surface area (TPSA) is 39.4 Å². The second-order valence-corrected chi connectivity index (χ2v) is 4.15. The molecular formula is C15H11F3O3. The molecule has 110 valence electrons. The van der Waals surface area contributed by atoms with Crippen molar-refractivity contribution in [1.29, 1.82) is 0 Å². The molecule has 0 amide bonds.